The van der Waals surface area contributed by atoms with E-state index in [9.17, 15) is 0 Å². The van der Waals surface area contributed by atoms with Crippen molar-refractivity contribution in [1.82, 2.24) is 9.97 Å². The Kier molecular flexibility index (Phi) is 5.40. The molecule has 4 heteroatoms. The van der Waals surface area contributed by atoms with E-state index in [-0.39, 0.29) is 0 Å². The molecule has 0 saturated carbocycles. The quantitative estimate of drug-likeness (QED) is 0.452. The maximum Gasteiger partial charge on any atom is 0.126 e. The lowest BCUT2D eigenvalue weighted by Crippen LogP contribution is -2.01. The molecule has 0 aliphatic heterocycles. The van der Waals surface area contributed by atoms with Crippen LogP contribution < -0.4 is 0 Å². The van der Waals surface area contributed by atoms with Crippen LogP contribution in [0.1, 0.15) is 25.4 Å². The molecule has 0 spiro atoms. The molecule has 84 valence electrons. The predicted octanol–water partition coefficient (Wildman–Crippen LogP) is 3.31. The van der Waals surface area contributed by atoms with Crippen molar-refractivity contribution in [1.29, 1.82) is 0 Å². The summed E-state index contributed by atoms with van der Waals surface area (Å²) in [6, 6.07) is 2.07. The highest BCUT2D eigenvalue weighted by molar-refractivity contribution is 7.99. The molecule has 1 aromatic heterocycles. The van der Waals surface area contributed by atoms with E-state index in [1.807, 2.05) is 6.92 Å². The number of alkyl halides is 1. The minimum absolute atomic E-state index is 0.525. The highest BCUT2D eigenvalue weighted by Gasteiger charge is 2.04. The largest absolute Gasteiger partial charge is 0.238 e. The molecule has 0 aromatic carbocycles. The summed E-state index contributed by atoms with van der Waals surface area (Å²) in [5.74, 6) is 3.10. The van der Waals surface area contributed by atoms with Crippen molar-refractivity contribution in [2.75, 3.05) is 11.6 Å². The molecule has 0 saturated heterocycles. The number of aromatic nitrogens is 2. The van der Waals surface area contributed by atoms with Crippen LogP contribution in [0.2, 0.25) is 0 Å². The van der Waals surface area contributed by atoms with Gasteiger partial charge in [-0.3, -0.25) is 0 Å². The van der Waals surface area contributed by atoms with E-state index >= 15 is 0 Å². The van der Waals surface area contributed by atoms with Crippen molar-refractivity contribution >= 4 is 23.4 Å². The molecule has 0 fully saturated rings. The van der Waals surface area contributed by atoms with Gasteiger partial charge in [-0.25, -0.2) is 9.97 Å². The van der Waals surface area contributed by atoms with Gasteiger partial charge >= 0.3 is 0 Å². The molecule has 0 N–H and O–H groups in total. The van der Waals surface area contributed by atoms with Crippen molar-refractivity contribution in [2.45, 2.75) is 32.2 Å². The van der Waals surface area contributed by atoms with Crippen LogP contribution in [0.25, 0.3) is 0 Å². The average Bonchev–Trinajstić information content (AvgIpc) is 2.25. The summed E-state index contributed by atoms with van der Waals surface area (Å²) >= 11 is 7.52. The number of rotatable bonds is 5. The third kappa shape index (κ3) is 4.39. The molecule has 1 atom stereocenters. The van der Waals surface area contributed by atoms with Gasteiger partial charge in [0.05, 0.1) is 5.03 Å². The second-order valence-electron chi connectivity index (χ2n) is 3.67. The Labute approximate surface area is 101 Å². The van der Waals surface area contributed by atoms with Crippen LogP contribution in [-0.2, 0) is 6.42 Å². The minimum Gasteiger partial charge on any atom is -0.238 e. The number of hydrogen-bond acceptors (Lipinski definition) is 3. The first-order valence-corrected chi connectivity index (χ1v) is 6.71. The van der Waals surface area contributed by atoms with E-state index in [1.165, 1.54) is 0 Å². The van der Waals surface area contributed by atoms with Crippen molar-refractivity contribution in [3.63, 3.8) is 0 Å². The van der Waals surface area contributed by atoms with E-state index in [1.54, 1.807) is 11.8 Å². The number of nitrogens with zero attached hydrogens (tertiary/aromatic N) is 2. The highest BCUT2D eigenvalue weighted by atomic mass is 35.5. The maximum atomic E-state index is 5.76. The van der Waals surface area contributed by atoms with Gasteiger partial charge in [-0.05, 0) is 25.3 Å². The Bertz CT molecular complexity index is 317. The fourth-order valence-corrected chi connectivity index (χ4v) is 2.35. The number of aryl methyl sites for hydroxylation is 2. The second kappa shape index (κ2) is 6.33. The van der Waals surface area contributed by atoms with Crippen molar-refractivity contribution in [3.8, 4) is 0 Å². The molecule has 1 unspecified atom stereocenters. The predicted molar refractivity (Wildman–Crippen MR) is 66.8 cm³/mol. The van der Waals surface area contributed by atoms with Crippen molar-refractivity contribution < 1.29 is 0 Å². The van der Waals surface area contributed by atoms with Crippen LogP contribution in [0.15, 0.2) is 11.1 Å². The fraction of sp³-hybridized carbons (Fsp3) is 0.636. The fourth-order valence-electron chi connectivity index (χ4n) is 1.13. The molecule has 0 aliphatic carbocycles. The summed E-state index contributed by atoms with van der Waals surface area (Å²) in [6.07, 6.45) is 0.960. The molecule has 1 rings (SSSR count). The lowest BCUT2D eigenvalue weighted by molar-refractivity contribution is 0.757. The normalized spacial score (nSPS) is 12.8. The maximum absolute atomic E-state index is 5.76. The van der Waals surface area contributed by atoms with Gasteiger partial charge in [0.25, 0.3) is 0 Å². The van der Waals surface area contributed by atoms with Crippen molar-refractivity contribution in [2.24, 2.45) is 5.92 Å². The standard InChI is InChI=1S/C11H17ClN2S/c1-4-10-5-11(14-9(3)13-10)15-7-8(2)6-12/h5,8H,4,6-7H2,1-3H3. The zero-order chi connectivity index (χ0) is 11.3. The Morgan fingerprint density at radius 3 is 2.80 bits per heavy atom. The lowest BCUT2D eigenvalue weighted by atomic mass is 10.3. The summed E-state index contributed by atoms with van der Waals surface area (Å²) in [6.45, 7) is 6.20. The van der Waals surface area contributed by atoms with Crippen molar-refractivity contribution in [3.05, 3.63) is 17.6 Å². The molecule has 0 amide bonds. The Balaban J connectivity index is 2.64. The van der Waals surface area contributed by atoms with Gasteiger partial charge in [0.1, 0.15) is 5.82 Å². The number of hydrogen-bond donors (Lipinski definition) is 0. The van der Waals surface area contributed by atoms with Gasteiger partial charge < -0.3 is 0 Å². The zero-order valence-corrected chi connectivity index (χ0v) is 11.0. The average molecular weight is 245 g/mol. The third-order valence-electron chi connectivity index (χ3n) is 2.01. The van der Waals surface area contributed by atoms with E-state index in [4.69, 9.17) is 11.6 Å². The molecule has 2 nitrogen and oxygen atoms in total. The van der Waals surface area contributed by atoms with Crippen LogP contribution >= 0.6 is 23.4 Å². The number of thioether (sulfide) groups is 1. The first-order chi connectivity index (χ1) is 7.15. The second-order valence-corrected chi connectivity index (χ2v) is 5.02. The van der Waals surface area contributed by atoms with E-state index in [0.717, 1.165) is 28.7 Å². The Morgan fingerprint density at radius 2 is 2.20 bits per heavy atom. The van der Waals surface area contributed by atoms with Crippen LogP contribution in [-0.4, -0.2) is 21.6 Å². The molecule has 1 aromatic rings. The summed E-state index contributed by atoms with van der Waals surface area (Å²) in [7, 11) is 0. The van der Waals surface area contributed by atoms with Gasteiger partial charge in [-0.2, -0.15) is 0 Å². The van der Waals surface area contributed by atoms with Crippen LogP contribution in [0.5, 0.6) is 0 Å². The van der Waals surface area contributed by atoms with Gasteiger partial charge in [0, 0.05) is 17.3 Å². The summed E-state index contributed by atoms with van der Waals surface area (Å²) in [5, 5.41) is 1.07. The Morgan fingerprint density at radius 1 is 1.47 bits per heavy atom. The smallest absolute Gasteiger partial charge is 0.126 e. The van der Waals surface area contributed by atoms with E-state index in [0.29, 0.717) is 11.8 Å². The summed E-state index contributed by atoms with van der Waals surface area (Å²) < 4.78 is 0. The summed E-state index contributed by atoms with van der Waals surface area (Å²) in [4.78, 5) is 8.75. The zero-order valence-electron chi connectivity index (χ0n) is 9.46. The first-order valence-electron chi connectivity index (χ1n) is 5.19. The van der Waals surface area contributed by atoms with Crippen LogP contribution in [0.3, 0.4) is 0 Å². The molecule has 0 bridgehead atoms. The van der Waals surface area contributed by atoms with Gasteiger partial charge in [-0.1, -0.05) is 13.8 Å². The van der Waals surface area contributed by atoms with E-state index < -0.39 is 0 Å². The topological polar surface area (TPSA) is 25.8 Å². The van der Waals surface area contributed by atoms with Gasteiger partial charge in [0.15, 0.2) is 0 Å². The van der Waals surface area contributed by atoms with E-state index in [2.05, 4.69) is 29.9 Å². The lowest BCUT2D eigenvalue weighted by Gasteiger charge is -2.07. The third-order valence-corrected chi connectivity index (χ3v) is 3.78. The molecular formula is C11H17ClN2S. The molecule has 15 heavy (non-hydrogen) atoms. The molecule has 1 heterocycles. The number of halogens is 1. The summed E-state index contributed by atoms with van der Waals surface area (Å²) in [5.41, 5.74) is 1.11. The molecule has 0 radical (unpaired) electrons. The molecule has 0 aliphatic rings. The monoisotopic (exact) mass is 244 g/mol. The van der Waals surface area contributed by atoms with Crippen LogP contribution in [0, 0.1) is 12.8 Å². The Hall–Kier alpha value is -0.280. The molecular weight excluding hydrogens is 228 g/mol. The SMILES string of the molecule is CCc1cc(SCC(C)CCl)nc(C)n1. The first kappa shape index (κ1) is 12.8. The van der Waals surface area contributed by atoms with Crippen LogP contribution in [0.4, 0.5) is 0 Å². The van der Waals surface area contributed by atoms with Gasteiger partial charge in [-0.15, -0.1) is 23.4 Å². The minimum atomic E-state index is 0.525. The van der Waals surface area contributed by atoms with Gasteiger partial charge in [0.2, 0.25) is 0 Å². The highest BCUT2D eigenvalue weighted by Crippen LogP contribution is 2.20.